The summed E-state index contributed by atoms with van der Waals surface area (Å²) in [5, 5.41) is 52.4. The predicted molar refractivity (Wildman–Crippen MR) is 138 cm³/mol. The van der Waals surface area contributed by atoms with Crippen LogP contribution in [0.4, 0.5) is 0 Å². The molecule has 2 heterocycles. The number of rotatable bonds is 10. The number of hydrogen-bond donors (Lipinski definition) is 5. The van der Waals surface area contributed by atoms with Crippen LogP contribution in [0, 0.1) is 0 Å². The number of aliphatic hydroxyl groups excluding tert-OH is 4. The van der Waals surface area contributed by atoms with Gasteiger partial charge in [-0.05, 0) is 50.5 Å². The lowest BCUT2D eigenvalue weighted by atomic mass is 9.95. The number of hydrogen-bond acceptors (Lipinski definition) is 11. The normalized spacial score (nSPS) is 23.5. The van der Waals surface area contributed by atoms with Crippen molar-refractivity contribution in [3.8, 4) is 11.5 Å². The van der Waals surface area contributed by atoms with E-state index < -0.39 is 54.8 Å². The fourth-order valence-electron chi connectivity index (χ4n) is 3.89. The second-order valence-electron chi connectivity index (χ2n) is 9.71. The van der Waals surface area contributed by atoms with Gasteiger partial charge in [-0.1, -0.05) is 23.8 Å². The summed E-state index contributed by atoms with van der Waals surface area (Å²) < 4.78 is 20.8. The van der Waals surface area contributed by atoms with Crippen LogP contribution < -0.4 is 10.2 Å². The molecule has 11 heteroatoms. The van der Waals surface area contributed by atoms with E-state index in [0.29, 0.717) is 23.1 Å². The molecule has 6 atom stereocenters. The fraction of sp³-hybridized carbons (Fsp3) is 0.429. The minimum absolute atomic E-state index is 0.0219. The summed E-state index contributed by atoms with van der Waals surface area (Å²) in [4.78, 5) is 24.8. The standard InChI is InChI=1S/C28H34O11/c1-14(2)5-6-16-9-18(10-17(23(16)31)11-20(30)15(3)4)27(34)37-13-22-24(32)25(33)26(28(35)39-22)38-21-12-36-8-7-19(21)29/h5,7-10,12,20,22,24-26,28,30-33,35H,3,6,11,13H2,1-2,4H3/t20-,22+,24+,25-,26+,28+/m0/s1. The molecule has 11 nitrogen and oxygen atoms in total. The van der Waals surface area contributed by atoms with Crippen LogP contribution in [0.25, 0.3) is 0 Å². The van der Waals surface area contributed by atoms with E-state index in [4.69, 9.17) is 18.6 Å². The van der Waals surface area contributed by atoms with Gasteiger partial charge in [-0.2, -0.15) is 0 Å². The smallest absolute Gasteiger partial charge is 0.338 e. The second kappa shape index (κ2) is 13.0. The van der Waals surface area contributed by atoms with Crippen LogP contribution in [-0.2, 0) is 22.3 Å². The first-order valence-electron chi connectivity index (χ1n) is 12.3. The fourth-order valence-corrected chi connectivity index (χ4v) is 3.89. The molecule has 0 spiro atoms. The van der Waals surface area contributed by atoms with Crippen LogP contribution in [0.15, 0.2) is 63.7 Å². The summed E-state index contributed by atoms with van der Waals surface area (Å²) in [6.45, 7) is 8.60. The maximum atomic E-state index is 12.9. The third-order valence-corrected chi connectivity index (χ3v) is 6.24. The molecule has 212 valence electrons. The number of phenolic OH excluding ortho intramolecular Hbond substituents is 1. The third kappa shape index (κ3) is 7.55. The molecule has 1 saturated heterocycles. The van der Waals surface area contributed by atoms with Gasteiger partial charge in [0.2, 0.25) is 11.2 Å². The number of carbonyl (C=O) groups is 1. The SMILES string of the molecule is C=C(C)[C@@H](O)Cc1cc(C(=O)OC[C@H]2O[C@@H](O)[C@H](Oc3coccc3=O)[C@@H](O)[C@@H]2O)cc(CC=C(C)C)c1O. The number of aliphatic hydroxyl groups is 4. The first-order valence-corrected chi connectivity index (χ1v) is 12.3. The molecule has 0 aliphatic carbocycles. The number of esters is 1. The highest BCUT2D eigenvalue weighted by atomic mass is 16.7. The van der Waals surface area contributed by atoms with Crippen molar-refractivity contribution in [1.82, 2.24) is 0 Å². The Morgan fingerprint density at radius 2 is 1.85 bits per heavy atom. The Kier molecular flexibility index (Phi) is 10.1. The average molecular weight is 547 g/mol. The predicted octanol–water partition coefficient (Wildman–Crippen LogP) is 1.38. The Morgan fingerprint density at radius 1 is 1.15 bits per heavy atom. The number of ether oxygens (including phenoxy) is 3. The minimum Gasteiger partial charge on any atom is -0.507 e. The highest BCUT2D eigenvalue weighted by molar-refractivity contribution is 5.90. The van der Waals surface area contributed by atoms with Crippen LogP contribution in [0.2, 0.25) is 0 Å². The van der Waals surface area contributed by atoms with Gasteiger partial charge in [-0.3, -0.25) is 4.79 Å². The molecule has 1 aliphatic heterocycles. The van der Waals surface area contributed by atoms with Gasteiger partial charge in [0.05, 0.1) is 17.9 Å². The third-order valence-electron chi connectivity index (χ3n) is 6.24. The van der Waals surface area contributed by atoms with Crippen molar-refractivity contribution >= 4 is 5.97 Å². The molecule has 0 unspecified atom stereocenters. The summed E-state index contributed by atoms with van der Waals surface area (Å²) in [6, 6.07) is 3.94. The maximum Gasteiger partial charge on any atom is 0.338 e. The Bertz CT molecular complexity index is 1260. The van der Waals surface area contributed by atoms with Gasteiger partial charge < -0.3 is 44.2 Å². The topological polar surface area (TPSA) is 176 Å². The zero-order valence-corrected chi connectivity index (χ0v) is 21.9. The largest absolute Gasteiger partial charge is 0.507 e. The van der Waals surface area contributed by atoms with Crippen molar-refractivity contribution in [2.24, 2.45) is 0 Å². The van der Waals surface area contributed by atoms with Crippen LogP contribution in [0.5, 0.6) is 11.5 Å². The summed E-state index contributed by atoms with van der Waals surface area (Å²) in [7, 11) is 0. The van der Waals surface area contributed by atoms with Crippen LogP contribution in [0.3, 0.4) is 0 Å². The first kappa shape index (κ1) is 30.1. The number of phenols is 1. The van der Waals surface area contributed by atoms with E-state index in [1.165, 1.54) is 12.1 Å². The van der Waals surface area contributed by atoms with Gasteiger partial charge in [-0.15, -0.1) is 0 Å². The molecule has 1 fully saturated rings. The zero-order valence-electron chi connectivity index (χ0n) is 21.9. The Hall–Kier alpha value is -3.48. The summed E-state index contributed by atoms with van der Waals surface area (Å²) >= 11 is 0. The van der Waals surface area contributed by atoms with E-state index in [2.05, 4.69) is 6.58 Å². The van der Waals surface area contributed by atoms with Gasteiger partial charge in [0.1, 0.15) is 36.9 Å². The molecule has 2 aromatic rings. The Morgan fingerprint density at radius 3 is 2.49 bits per heavy atom. The molecule has 1 aliphatic rings. The van der Waals surface area contributed by atoms with Crippen molar-refractivity contribution in [1.29, 1.82) is 0 Å². The summed E-state index contributed by atoms with van der Waals surface area (Å²) in [5.41, 5.74) is 1.77. The van der Waals surface area contributed by atoms with Crippen LogP contribution in [-0.4, -0.2) is 74.9 Å². The van der Waals surface area contributed by atoms with E-state index in [0.717, 1.165) is 24.2 Å². The molecule has 0 saturated carbocycles. The minimum atomic E-state index is -1.77. The lowest BCUT2D eigenvalue weighted by Gasteiger charge is -2.39. The highest BCUT2D eigenvalue weighted by Gasteiger charge is 2.46. The van der Waals surface area contributed by atoms with E-state index in [1.807, 2.05) is 19.9 Å². The van der Waals surface area contributed by atoms with E-state index >= 15 is 0 Å². The van der Waals surface area contributed by atoms with E-state index in [-0.39, 0.29) is 23.5 Å². The van der Waals surface area contributed by atoms with Crippen molar-refractivity contribution < 1.29 is 49.0 Å². The average Bonchev–Trinajstić information content (AvgIpc) is 2.88. The quantitative estimate of drug-likeness (QED) is 0.215. The van der Waals surface area contributed by atoms with Gasteiger partial charge in [0.15, 0.2) is 12.4 Å². The summed E-state index contributed by atoms with van der Waals surface area (Å²) in [6.07, 6.45) is -4.56. The van der Waals surface area contributed by atoms with Crippen LogP contribution in [0.1, 0.15) is 42.3 Å². The molecule has 3 rings (SSSR count). The Balaban J connectivity index is 1.74. The lowest BCUT2D eigenvalue weighted by Crippen LogP contribution is -2.60. The molecule has 0 amide bonds. The molecule has 1 aromatic heterocycles. The van der Waals surface area contributed by atoms with Crippen molar-refractivity contribution in [3.05, 3.63) is 81.4 Å². The maximum absolute atomic E-state index is 12.9. The molecular weight excluding hydrogens is 512 g/mol. The molecular formula is C28H34O11. The molecule has 0 radical (unpaired) electrons. The monoisotopic (exact) mass is 546 g/mol. The van der Waals surface area contributed by atoms with Gasteiger partial charge in [0, 0.05) is 12.5 Å². The number of benzene rings is 1. The lowest BCUT2D eigenvalue weighted by molar-refractivity contribution is -0.280. The molecule has 39 heavy (non-hydrogen) atoms. The van der Waals surface area contributed by atoms with Gasteiger partial charge >= 0.3 is 5.97 Å². The van der Waals surface area contributed by atoms with Crippen molar-refractivity contribution in [2.45, 2.75) is 70.4 Å². The van der Waals surface area contributed by atoms with Crippen molar-refractivity contribution in [2.75, 3.05) is 6.61 Å². The van der Waals surface area contributed by atoms with E-state index in [9.17, 15) is 35.1 Å². The molecule has 1 aromatic carbocycles. The molecule has 5 N–H and O–H groups in total. The number of allylic oxidation sites excluding steroid dienone is 2. The molecule has 0 bridgehead atoms. The second-order valence-corrected chi connectivity index (χ2v) is 9.71. The van der Waals surface area contributed by atoms with E-state index in [1.54, 1.807) is 6.92 Å². The summed E-state index contributed by atoms with van der Waals surface area (Å²) in [5.74, 6) is -1.18. The number of carbonyl (C=O) groups excluding carboxylic acids is 1. The highest BCUT2D eigenvalue weighted by Crippen LogP contribution is 2.29. The Labute approximate surface area is 225 Å². The van der Waals surface area contributed by atoms with Crippen LogP contribution >= 0.6 is 0 Å². The zero-order chi connectivity index (χ0) is 28.9. The van der Waals surface area contributed by atoms with Gasteiger partial charge in [0.25, 0.3) is 0 Å². The van der Waals surface area contributed by atoms with Crippen molar-refractivity contribution in [3.63, 3.8) is 0 Å². The van der Waals surface area contributed by atoms with Gasteiger partial charge in [-0.25, -0.2) is 4.79 Å². The first-order chi connectivity index (χ1) is 18.4. The number of aromatic hydroxyl groups is 1.